The highest BCUT2D eigenvalue weighted by molar-refractivity contribution is 5.53. The van der Waals surface area contributed by atoms with Gasteiger partial charge in [-0.3, -0.25) is 0 Å². The summed E-state index contributed by atoms with van der Waals surface area (Å²) in [6, 6.07) is 6.75. The maximum absolute atomic E-state index is 3.94. The van der Waals surface area contributed by atoms with Gasteiger partial charge >= 0.3 is 0 Å². The molecule has 0 heterocycles. The highest BCUT2D eigenvalue weighted by Gasteiger charge is 2.01. The normalized spacial score (nSPS) is 8.70. The van der Waals surface area contributed by atoms with E-state index in [1.54, 1.807) is 0 Å². The summed E-state index contributed by atoms with van der Waals surface area (Å²) in [4.78, 5) is 0. The van der Waals surface area contributed by atoms with Gasteiger partial charge in [-0.25, -0.2) is 0 Å². The predicted octanol–water partition coefficient (Wildman–Crippen LogP) is 6.84. The van der Waals surface area contributed by atoms with E-state index in [4.69, 9.17) is 0 Å². The molecule has 1 rings (SSSR count). The molecule has 0 spiro atoms. The average Bonchev–Trinajstić information content (AvgIpc) is 2.50. The largest absolute Gasteiger partial charge is 0.100 e. The molecule has 0 saturated carbocycles. The van der Waals surface area contributed by atoms with Crippen molar-refractivity contribution in [2.24, 2.45) is 0 Å². The Kier molecular flexibility index (Phi) is 14.8. The third-order valence-corrected chi connectivity index (χ3v) is 2.79. The molecule has 0 atom stereocenters. The van der Waals surface area contributed by atoms with Crippen LogP contribution in [0.15, 0.2) is 36.9 Å². The quantitative estimate of drug-likeness (QED) is 0.498. The van der Waals surface area contributed by atoms with Gasteiger partial charge in [0, 0.05) is 0 Å². The van der Waals surface area contributed by atoms with Crippen LogP contribution < -0.4 is 0 Å². The maximum Gasteiger partial charge on any atom is -0.0228 e. The first-order chi connectivity index (χ1) is 9.67. The van der Waals surface area contributed by atoms with Crippen LogP contribution in [0.2, 0.25) is 0 Å². The first kappa shape index (κ1) is 21.0. The number of aryl methyl sites for hydroxylation is 2. The lowest BCUT2D eigenvalue weighted by Crippen LogP contribution is -1.92. The van der Waals surface area contributed by atoms with Crippen LogP contribution in [0.3, 0.4) is 0 Å². The number of rotatable bonds is 6. The Balaban J connectivity index is 0. The van der Waals surface area contributed by atoms with E-state index in [1.807, 2.05) is 33.8 Å². The van der Waals surface area contributed by atoms with E-state index >= 15 is 0 Å². The molecule has 0 nitrogen and oxygen atoms in total. The zero-order valence-corrected chi connectivity index (χ0v) is 14.6. The highest BCUT2D eigenvalue weighted by Crippen LogP contribution is 2.17. The van der Waals surface area contributed by atoms with Gasteiger partial charge in [0.1, 0.15) is 0 Å². The van der Waals surface area contributed by atoms with Crippen molar-refractivity contribution in [1.29, 1.82) is 0 Å². The second kappa shape index (κ2) is 14.1. The predicted molar refractivity (Wildman–Crippen MR) is 96.4 cm³/mol. The van der Waals surface area contributed by atoms with Crippen molar-refractivity contribution < 1.29 is 0 Å². The van der Waals surface area contributed by atoms with Crippen LogP contribution in [0.25, 0.3) is 6.08 Å². The zero-order valence-electron chi connectivity index (χ0n) is 14.6. The summed E-state index contributed by atoms with van der Waals surface area (Å²) in [5, 5.41) is 0. The van der Waals surface area contributed by atoms with Crippen molar-refractivity contribution in [1.82, 2.24) is 0 Å². The SMILES string of the molecule is C=Cc1cc(CCC(=C)C)ccc1CCC.CC.CC. The molecule has 0 aliphatic carbocycles. The van der Waals surface area contributed by atoms with Crippen LogP contribution in [-0.2, 0) is 12.8 Å². The van der Waals surface area contributed by atoms with Gasteiger partial charge in [0.2, 0.25) is 0 Å². The smallest absolute Gasteiger partial charge is 0.0228 e. The number of hydrogen-bond donors (Lipinski definition) is 0. The van der Waals surface area contributed by atoms with Gasteiger partial charge in [-0.15, -0.1) is 6.58 Å². The molecule has 20 heavy (non-hydrogen) atoms. The van der Waals surface area contributed by atoms with Crippen LogP contribution in [0.4, 0.5) is 0 Å². The molecule has 1 aromatic rings. The molecule has 0 aromatic heterocycles. The van der Waals surface area contributed by atoms with Crippen molar-refractivity contribution in [3.63, 3.8) is 0 Å². The Morgan fingerprint density at radius 3 is 2.15 bits per heavy atom. The molecule has 0 fully saturated rings. The number of allylic oxidation sites excluding steroid dienone is 1. The van der Waals surface area contributed by atoms with E-state index in [9.17, 15) is 0 Å². The second-order valence-corrected chi connectivity index (χ2v) is 4.44. The van der Waals surface area contributed by atoms with Crippen molar-refractivity contribution in [2.75, 3.05) is 0 Å². The van der Waals surface area contributed by atoms with Gasteiger partial charge in [-0.2, -0.15) is 0 Å². The molecule has 114 valence electrons. The summed E-state index contributed by atoms with van der Waals surface area (Å²) in [7, 11) is 0. The molecule has 0 aliphatic heterocycles. The molecule has 0 heteroatoms. The van der Waals surface area contributed by atoms with Crippen LogP contribution in [0.5, 0.6) is 0 Å². The Hall–Kier alpha value is -1.30. The van der Waals surface area contributed by atoms with Gasteiger partial charge < -0.3 is 0 Å². The molecule has 0 radical (unpaired) electrons. The van der Waals surface area contributed by atoms with Gasteiger partial charge in [-0.05, 0) is 42.9 Å². The summed E-state index contributed by atoms with van der Waals surface area (Å²) in [6.07, 6.45) is 6.45. The molecular formula is C20H34. The summed E-state index contributed by atoms with van der Waals surface area (Å²) in [5.74, 6) is 0. The highest BCUT2D eigenvalue weighted by atomic mass is 14.1. The van der Waals surface area contributed by atoms with Gasteiger partial charge in [0.25, 0.3) is 0 Å². The minimum absolute atomic E-state index is 1.07. The van der Waals surface area contributed by atoms with Gasteiger partial charge in [-0.1, -0.05) is 77.5 Å². The fraction of sp³-hybridized carbons (Fsp3) is 0.500. The third kappa shape index (κ3) is 8.74. The van der Waals surface area contributed by atoms with Crippen molar-refractivity contribution >= 4 is 6.08 Å². The van der Waals surface area contributed by atoms with E-state index in [2.05, 4.69) is 45.2 Å². The lowest BCUT2D eigenvalue weighted by molar-refractivity contribution is 0.909. The minimum Gasteiger partial charge on any atom is -0.100 e. The molecule has 0 unspecified atom stereocenters. The van der Waals surface area contributed by atoms with Crippen LogP contribution in [-0.4, -0.2) is 0 Å². The fourth-order valence-corrected chi connectivity index (χ4v) is 1.84. The van der Waals surface area contributed by atoms with Gasteiger partial charge in [0.05, 0.1) is 0 Å². The van der Waals surface area contributed by atoms with Crippen LogP contribution in [0, 0.1) is 0 Å². The van der Waals surface area contributed by atoms with E-state index in [-0.39, 0.29) is 0 Å². The van der Waals surface area contributed by atoms with E-state index in [1.165, 1.54) is 28.7 Å². The topological polar surface area (TPSA) is 0 Å². The molecule has 0 N–H and O–H groups in total. The zero-order chi connectivity index (χ0) is 16.0. The Bertz CT molecular complexity index is 372. The monoisotopic (exact) mass is 274 g/mol. The summed E-state index contributed by atoms with van der Waals surface area (Å²) < 4.78 is 0. The molecular weight excluding hydrogens is 240 g/mol. The first-order valence-electron chi connectivity index (χ1n) is 8.06. The van der Waals surface area contributed by atoms with Gasteiger partial charge in [0.15, 0.2) is 0 Å². The van der Waals surface area contributed by atoms with Crippen LogP contribution >= 0.6 is 0 Å². The molecule has 0 amide bonds. The fourth-order valence-electron chi connectivity index (χ4n) is 1.84. The molecule has 0 saturated heterocycles. The third-order valence-electron chi connectivity index (χ3n) is 2.79. The maximum atomic E-state index is 3.94. The van der Waals surface area contributed by atoms with E-state index < -0.39 is 0 Å². The standard InChI is InChI=1S/C16H22.2C2H6/c1-5-7-16-11-10-14(9-8-13(3)4)12-15(16)6-2;2*1-2/h6,10-12H,2-3,5,7-9H2,1,4H3;2*1-2H3. The van der Waals surface area contributed by atoms with E-state index in [0.29, 0.717) is 0 Å². The Morgan fingerprint density at radius 1 is 1.10 bits per heavy atom. The van der Waals surface area contributed by atoms with Crippen LogP contribution in [0.1, 0.15) is 71.1 Å². The lowest BCUT2D eigenvalue weighted by Gasteiger charge is -2.08. The summed E-state index contributed by atoms with van der Waals surface area (Å²) in [5.41, 5.74) is 5.34. The number of benzene rings is 1. The summed E-state index contributed by atoms with van der Waals surface area (Å²) in [6.45, 7) is 20.1. The van der Waals surface area contributed by atoms with Crippen molar-refractivity contribution in [2.45, 2.75) is 67.2 Å². The van der Waals surface area contributed by atoms with E-state index in [0.717, 1.165) is 19.3 Å². The first-order valence-corrected chi connectivity index (χ1v) is 8.06. The molecule has 0 aliphatic rings. The Morgan fingerprint density at radius 2 is 1.70 bits per heavy atom. The Labute approximate surface area is 127 Å². The molecule has 0 bridgehead atoms. The average molecular weight is 274 g/mol. The second-order valence-electron chi connectivity index (χ2n) is 4.44. The molecule has 1 aromatic carbocycles. The van der Waals surface area contributed by atoms with Crippen molar-refractivity contribution in [3.05, 3.63) is 53.6 Å². The minimum atomic E-state index is 1.07. The van der Waals surface area contributed by atoms with Crippen molar-refractivity contribution in [3.8, 4) is 0 Å². The summed E-state index contributed by atoms with van der Waals surface area (Å²) >= 11 is 0. The number of hydrogen-bond acceptors (Lipinski definition) is 0. The lowest BCUT2D eigenvalue weighted by atomic mass is 9.97.